The van der Waals surface area contributed by atoms with E-state index in [1.807, 2.05) is 41.1 Å². The van der Waals surface area contributed by atoms with Crippen LogP contribution in [0.5, 0.6) is 0 Å². The van der Waals surface area contributed by atoms with E-state index < -0.39 is 0 Å². The fourth-order valence-electron chi connectivity index (χ4n) is 4.14. The Hall–Kier alpha value is -2.38. The molecule has 2 aromatic rings. The van der Waals surface area contributed by atoms with Gasteiger partial charge in [-0.05, 0) is 75.3 Å². The zero-order chi connectivity index (χ0) is 24.0. The predicted octanol–water partition coefficient (Wildman–Crippen LogP) is 5.79. The normalized spacial score (nSPS) is 13.0. The highest BCUT2D eigenvalue weighted by Gasteiger charge is 2.19. The lowest BCUT2D eigenvalue weighted by Gasteiger charge is -2.22. The molecule has 0 saturated heterocycles. The van der Waals surface area contributed by atoms with Crippen molar-refractivity contribution in [3.05, 3.63) is 60.3 Å². The Bertz CT molecular complexity index is 902. The first-order valence-electron chi connectivity index (χ1n) is 12.6. The summed E-state index contributed by atoms with van der Waals surface area (Å²) >= 11 is 1.88. The maximum Gasteiger partial charge on any atom is 0.254 e. The van der Waals surface area contributed by atoms with Crippen LogP contribution in [0.15, 0.2) is 58.8 Å². The number of amides is 1. The summed E-state index contributed by atoms with van der Waals surface area (Å²) in [6.45, 7) is 9.13. The molecule has 2 heterocycles. The molecule has 0 saturated carbocycles. The van der Waals surface area contributed by atoms with Crippen molar-refractivity contribution in [3.8, 4) is 0 Å². The number of carbonyl (C=O) groups excluding carboxylic acids is 1. The molecule has 0 spiro atoms. The zero-order valence-electron chi connectivity index (χ0n) is 20.7. The number of hydrogen-bond donors (Lipinski definition) is 1. The van der Waals surface area contributed by atoms with Crippen LogP contribution in [-0.4, -0.2) is 63.3 Å². The molecule has 6 nitrogen and oxygen atoms in total. The smallest absolute Gasteiger partial charge is 0.254 e. The first-order chi connectivity index (χ1) is 16.7. The molecule has 7 heteroatoms. The molecule has 0 atom stereocenters. The Labute approximate surface area is 208 Å². The quantitative estimate of drug-likeness (QED) is 0.243. The number of nitrogens with one attached hydrogen (secondary N) is 1. The van der Waals surface area contributed by atoms with Crippen LogP contribution >= 0.6 is 11.8 Å². The van der Waals surface area contributed by atoms with Gasteiger partial charge in [0.05, 0.1) is 13.1 Å². The van der Waals surface area contributed by atoms with E-state index in [0.717, 1.165) is 23.7 Å². The van der Waals surface area contributed by atoms with E-state index in [0.29, 0.717) is 18.7 Å². The van der Waals surface area contributed by atoms with E-state index in [4.69, 9.17) is 0 Å². The number of benzene rings is 1. The van der Waals surface area contributed by atoms with Crippen molar-refractivity contribution >= 4 is 23.4 Å². The second-order valence-electron chi connectivity index (χ2n) is 8.76. The predicted molar refractivity (Wildman–Crippen MR) is 143 cm³/mol. The van der Waals surface area contributed by atoms with Crippen LogP contribution < -0.4 is 0 Å². The van der Waals surface area contributed by atoms with Gasteiger partial charge in [-0.15, -0.1) is 11.8 Å². The number of aromatic nitrogens is 2. The van der Waals surface area contributed by atoms with E-state index >= 15 is 0 Å². The summed E-state index contributed by atoms with van der Waals surface area (Å²) in [5.74, 6) is 1.90. The Balaban J connectivity index is 1.45. The van der Waals surface area contributed by atoms with E-state index in [2.05, 4.69) is 45.8 Å². The highest BCUT2D eigenvalue weighted by atomic mass is 32.2. The highest BCUT2D eigenvalue weighted by molar-refractivity contribution is 7.99. The molecule has 34 heavy (non-hydrogen) atoms. The summed E-state index contributed by atoms with van der Waals surface area (Å²) in [4.78, 5) is 30.6. The molecule has 0 fully saturated rings. The second kappa shape index (κ2) is 14.8. The number of rotatable bonds is 16. The standard InChI is InChI=1S/C27H39N5OS/c1-3-17-31(18-4-2)19-6-5-7-20-34-25-12-10-23(11-13-25)27(33)32(21-24-9-8-14-28-24)22-26-29-15-16-30-26/h8,10-16H,3-7,9,17-22H2,1-2H3,(H,29,30). The Morgan fingerprint density at radius 3 is 2.47 bits per heavy atom. The van der Waals surface area contributed by atoms with E-state index in [-0.39, 0.29) is 5.91 Å². The van der Waals surface area contributed by atoms with Gasteiger partial charge >= 0.3 is 0 Å². The number of allylic oxidation sites excluding steroid dienone is 1. The Kier molecular flexibility index (Phi) is 11.4. The number of carbonyl (C=O) groups is 1. The Morgan fingerprint density at radius 2 is 1.82 bits per heavy atom. The van der Waals surface area contributed by atoms with Gasteiger partial charge in [-0.3, -0.25) is 9.79 Å². The lowest BCUT2D eigenvalue weighted by atomic mass is 10.1. The molecular weight excluding hydrogens is 442 g/mol. The molecule has 1 amide bonds. The van der Waals surface area contributed by atoms with Gasteiger partial charge in [0.1, 0.15) is 5.82 Å². The van der Waals surface area contributed by atoms with Crippen molar-refractivity contribution in [2.45, 2.75) is 63.8 Å². The molecule has 1 N–H and O–H groups in total. The first-order valence-corrected chi connectivity index (χ1v) is 13.6. The molecule has 1 aromatic heterocycles. The number of imidazole rings is 1. The van der Waals surface area contributed by atoms with Gasteiger partial charge in [-0.25, -0.2) is 4.98 Å². The van der Waals surface area contributed by atoms with Crippen molar-refractivity contribution in [3.63, 3.8) is 0 Å². The average molecular weight is 482 g/mol. The summed E-state index contributed by atoms with van der Waals surface area (Å²) in [5.41, 5.74) is 1.70. The Morgan fingerprint density at radius 1 is 1.03 bits per heavy atom. The van der Waals surface area contributed by atoms with Crippen molar-refractivity contribution in [1.29, 1.82) is 0 Å². The van der Waals surface area contributed by atoms with E-state index in [1.54, 1.807) is 12.4 Å². The number of aromatic amines is 1. The summed E-state index contributed by atoms with van der Waals surface area (Å²) < 4.78 is 0. The molecular formula is C27H39N5OS. The maximum atomic E-state index is 13.2. The van der Waals surface area contributed by atoms with Gasteiger partial charge in [0.15, 0.2) is 0 Å². The van der Waals surface area contributed by atoms with Gasteiger partial charge in [0.2, 0.25) is 0 Å². The molecule has 0 aliphatic carbocycles. The monoisotopic (exact) mass is 481 g/mol. The number of aliphatic imine (C=N–C) groups is 1. The number of thioether (sulfide) groups is 1. The summed E-state index contributed by atoms with van der Waals surface area (Å²) in [5, 5.41) is 0. The number of unbranched alkanes of at least 4 members (excludes halogenated alkanes) is 2. The molecule has 0 unspecified atom stereocenters. The number of H-pyrrole nitrogens is 1. The van der Waals surface area contributed by atoms with Gasteiger partial charge in [0, 0.05) is 41.2 Å². The molecule has 1 aliphatic heterocycles. The largest absolute Gasteiger partial charge is 0.347 e. The average Bonchev–Trinajstić information content (AvgIpc) is 3.56. The summed E-state index contributed by atoms with van der Waals surface area (Å²) in [6.07, 6.45) is 14.4. The summed E-state index contributed by atoms with van der Waals surface area (Å²) in [6, 6.07) is 8.04. The lowest BCUT2D eigenvalue weighted by Crippen LogP contribution is -2.35. The molecule has 0 bridgehead atoms. The highest BCUT2D eigenvalue weighted by Crippen LogP contribution is 2.21. The zero-order valence-corrected chi connectivity index (χ0v) is 21.5. The first kappa shape index (κ1) is 26.2. The van der Waals surface area contributed by atoms with E-state index in [9.17, 15) is 4.79 Å². The van der Waals surface area contributed by atoms with Crippen molar-refractivity contribution in [1.82, 2.24) is 19.8 Å². The second-order valence-corrected chi connectivity index (χ2v) is 9.92. The SMILES string of the molecule is CCCN(CCC)CCCCCSc1ccc(C(=O)N(CC2=NC=CC2)Cc2ncc[nH]2)cc1. The fourth-order valence-corrected chi connectivity index (χ4v) is 5.05. The third-order valence-electron chi connectivity index (χ3n) is 5.84. The van der Waals surface area contributed by atoms with Crippen LogP contribution in [0.1, 0.15) is 68.6 Å². The van der Waals surface area contributed by atoms with Gasteiger partial charge in [-0.2, -0.15) is 0 Å². The topological polar surface area (TPSA) is 64.6 Å². The van der Waals surface area contributed by atoms with Crippen LogP contribution in [-0.2, 0) is 6.54 Å². The van der Waals surface area contributed by atoms with Gasteiger partial charge in [-0.1, -0.05) is 26.3 Å². The number of nitrogens with zero attached hydrogens (tertiary/aromatic N) is 4. The molecule has 0 radical (unpaired) electrons. The van der Waals surface area contributed by atoms with E-state index in [1.165, 1.54) is 56.6 Å². The lowest BCUT2D eigenvalue weighted by molar-refractivity contribution is 0.0764. The van der Waals surface area contributed by atoms with Crippen LogP contribution in [0.2, 0.25) is 0 Å². The van der Waals surface area contributed by atoms with Crippen LogP contribution in [0.4, 0.5) is 0 Å². The minimum atomic E-state index is 0.00580. The van der Waals surface area contributed by atoms with Crippen molar-refractivity contribution < 1.29 is 4.79 Å². The minimum absolute atomic E-state index is 0.00580. The fraction of sp³-hybridized carbons (Fsp3) is 0.519. The van der Waals surface area contributed by atoms with Gasteiger partial charge < -0.3 is 14.8 Å². The van der Waals surface area contributed by atoms with Crippen LogP contribution in [0, 0.1) is 0 Å². The molecule has 1 aliphatic rings. The van der Waals surface area contributed by atoms with Crippen molar-refractivity contribution in [2.24, 2.45) is 4.99 Å². The third-order valence-corrected chi connectivity index (χ3v) is 6.94. The van der Waals surface area contributed by atoms with Crippen LogP contribution in [0.25, 0.3) is 0 Å². The summed E-state index contributed by atoms with van der Waals surface area (Å²) in [7, 11) is 0. The van der Waals surface area contributed by atoms with Crippen molar-refractivity contribution in [2.75, 3.05) is 31.9 Å². The molecule has 184 valence electrons. The molecule has 1 aromatic carbocycles. The third kappa shape index (κ3) is 8.76. The van der Waals surface area contributed by atoms with Gasteiger partial charge in [0.25, 0.3) is 5.91 Å². The maximum absolute atomic E-state index is 13.2. The van der Waals surface area contributed by atoms with Crippen LogP contribution in [0.3, 0.4) is 0 Å². The minimum Gasteiger partial charge on any atom is -0.347 e. The molecule has 3 rings (SSSR count). The number of hydrogen-bond acceptors (Lipinski definition) is 5.